The Morgan fingerprint density at radius 3 is 2.50 bits per heavy atom. The predicted octanol–water partition coefficient (Wildman–Crippen LogP) is 4.06. The van der Waals surface area contributed by atoms with E-state index in [1.807, 2.05) is 34.9 Å². The fourth-order valence-corrected chi connectivity index (χ4v) is 3.27. The van der Waals surface area contributed by atoms with Crippen LogP contribution in [0.15, 0.2) is 64.3 Å². The van der Waals surface area contributed by atoms with Crippen LogP contribution in [0.25, 0.3) is 17.1 Å². The molecule has 0 unspecified atom stereocenters. The quantitative estimate of drug-likeness (QED) is 0.496. The first-order valence-electron chi connectivity index (χ1n) is 7.89. The van der Waals surface area contributed by atoms with Crippen LogP contribution in [0.4, 0.5) is 4.39 Å². The summed E-state index contributed by atoms with van der Waals surface area (Å²) < 4.78 is 20.4. The molecule has 0 saturated carbocycles. The number of rotatable bonds is 5. The normalized spacial score (nSPS) is 11.0. The van der Waals surface area contributed by atoms with Gasteiger partial charge in [0.15, 0.2) is 16.8 Å². The van der Waals surface area contributed by atoms with E-state index in [2.05, 4.69) is 20.3 Å². The van der Waals surface area contributed by atoms with E-state index in [0.717, 1.165) is 11.3 Å². The minimum atomic E-state index is -0.293. The Balaban J connectivity index is 1.73. The molecule has 0 N–H and O–H groups in total. The summed E-state index contributed by atoms with van der Waals surface area (Å²) in [6.07, 6.45) is 0. The molecule has 0 aliphatic heterocycles. The van der Waals surface area contributed by atoms with Crippen molar-refractivity contribution in [2.45, 2.75) is 17.8 Å². The summed E-state index contributed by atoms with van der Waals surface area (Å²) in [5.41, 5.74) is 1.70. The summed E-state index contributed by atoms with van der Waals surface area (Å²) in [4.78, 5) is 4.20. The van der Waals surface area contributed by atoms with Gasteiger partial charge in [-0.05, 0) is 31.2 Å². The Labute approximate surface area is 153 Å². The van der Waals surface area contributed by atoms with Crippen molar-refractivity contribution in [2.75, 3.05) is 0 Å². The predicted molar refractivity (Wildman–Crippen MR) is 95.3 cm³/mol. The molecule has 0 aliphatic rings. The lowest BCUT2D eigenvalue weighted by atomic mass is 10.2. The number of aryl methyl sites for hydroxylation is 1. The van der Waals surface area contributed by atoms with E-state index in [-0.39, 0.29) is 5.82 Å². The standard InChI is InChI=1S/C18H14FN5OS/c1-12-20-16(25-23-12)11-26-18-22-21-17(13-5-3-2-4-6-13)24(18)15-9-7-14(19)8-10-15/h2-10H,11H2,1H3. The zero-order chi connectivity index (χ0) is 17.9. The van der Waals surface area contributed by atoms with Crippen LogP contribution in [0.1, 0.15) is 11.7 Å². The third kappa shape index (κ3) is 3.36. The molecular formula is C18H14FN5OS. The second-order valence-electron chi connectivity index (χ2n) is 5.51. The molecule has 0 fully saturated rings. The number of hydrogen-bond acceptors (Lipinski definition) is 6. The smallest absolute Gasteiger partial charge is 0.237 e. The highest BCUT2D eigenvalue weighted by atomic mass is 32.2. The Morgan fingerprint density at radius 1 is 1.04 bits per heavy atom. The fourth-order valence-electron chi connectivity index (χ4n) is 2.49. The summed E-state index contributed by atoms with van der Waals surface area (Å²) in [6, 6.07) is 16.0. The molecule has 2 aromatic heterocycles. The highest BCUT2D eigenvalue weighted by Crippen LogP contribution is 2.29. The van der Waals surface area contributed by atoms with Crippen molar-refractivity contribution in [3.8, 4) is 17.1 Å². The van der Waals surface area contributed by atoms with Crippen molar-refractivity contribution in [1.82, 2.24) is 24.9 Å². The molecule has 0 radical (unpaired) electrons. The van der Waals surface area contributed by atoms with Gasteiger partial charge >= 0.3 is 0 Å². The Morgan fingerprint density at radius 2 is 1.81 bits per heavy atom. The number of thioether (sulfide) groups is 1. The van der Waals surface area contributed by atoms with Crippen LogP contribution in [-0.4, -0.2) is 24.9 Å². The number of halogens is 1. The zero-order valence-electron chi connectivity index (χ0n) is 13.8. The van der Waals surface area contributed by atoms with Gasteiger partial charge in [0.2, 0.25) is 5.89 Å². The van der Waals surface area contributed by atoms with Gasteiger partial charge in [0.05, 0.1) is 5.75 Å². The molecule has 0 aliphatic carbocycles. The van der Waals surface area contributed by atoms with Crippen molar-refractivity contribution in [3.05, 3.63) is 72.1 Å². The van der Waals surface area contributed by atoms with Gasteiger partial charge in [-0.2, -0.15) is 4.98 Å². The highest BCUT2D eigenvalue weighted by molar-refractivity contribution is 7.98. The maximum atomic E-state index is 13.4. The first-order valence-corrected chi connectivity index (χ1v) is 8.88. The minimum absolute atomic E-state index is 0.293. The summed E-state index contributed by atoms with van der Waals surface area (Å²) in [5.74, 6) is 1.96. The summed E-state index contributed by atoms with van der Waals surface area (Å²) in [6.45, 7) is 1.77. The van der Waals surface area contributed by atoms with Crippen LogP contribution >= 0.6 is 11.8 Å². The van der Waals surface area contributed by atoms with Crippen LogP contribution in [0.3, 0.4) is 0 Å². The van der Waals surface area contributed by atoms with Crippen molar-refractivity contribution < 1.29 is 8.91 Å². The van der Waals surface area contributed by atoms with Crippen LogP contribution < -0.4 is 0 Å². The molecule has 4 aromatic rings. The summed E-state index contributed by atoms with van der Waals surface area (Å²) in [5, 5.41) is 13.1. The molecule has 0 saturated heterocycles. The van der Waals surface area contributed by atoms with Gasteiger partial charge in [0, 0.05) is 11.3 Å². The molecule has 8 heteroatoms. The van der Waals surface area contributed by atoms with Gasteiger partial charge in [0.1, 0.15) is 5.82 Å². The molecule has 2 aromatic carbocycles. The lowest BCUT2D eigenvalue weighted by Crippen LogP contribution is -2.00. The summed E-state index contributed by atoms with van der Waals surface area (Å²) >= 11 is 1.43. The summed E-state index contributed by atoms with van der Waals surface area (Å²) in [7, 11) is 0. The molecule has 2 heterocycles. The van der Waals surface area contributed by atoms with E-state index in [0.29, 0.717) is 28.4 Å². The number of nitrogens with zero attached hydrogens (tertiary/aromatic N) is 5. The van der Waals surface area contributed by atoms with E-state index >= 15 is 0 Å². The van der Waals surface area contributed by atoms with Gasteiger partial charge in [0.25, 0.3) is 0 Å². The number of benzene rings is 2. The molecule has 0 amide bonds. The van der Waals surface area contributed by atoms with Gasteiger partial charge in [-0.15, -0.1) is 10.2 Å². The molecule has 0 bridgehead atoms. The molecule has 6 nitrogen and oxygen atoms in total. The molecule has 26 heavy (non-hydrogen) atoms. The topological polar surface area (TPSA) is 69.6 Å². The van der Waals surface area contributed by atoms with Crippen LogP contribution in [0.2, 0.25) is 0 Å². The van der Waals surface area contributed by atoms with E-state index in [1.54, 1.807) is 19.1 Å². The van der Waals surface area contributed by atoms with Crippen LogP contribution in [0, 0.1) is 12.7 Å². The van der Waals surface area contributed by atoms with Crippen molar-refractivity contribution in [1.29, 1.82) is 0 Å². The third-order valence-corrected chi connectivity index (χ3v) is 4.56. The second-order valence-corrected chi connectivity index (χ2v) is 6.45. The van der Waals surface area contributed by atoms with Gasteiger partial charge in [-0.1, -0.05) is 47.3 Å². The van der Waals surface area contributed by atoms with Gasteiger partial charge in [-0.25, -0.2) is 4.39 Å². The SMILES string of the molecule is Cc1noc(CSc2nnc(-c3ccccc3)n2-c2ccc(F)cc2)n1. The molecular weight excluding hydrogens is 353 g/mol. The first-order chi connectivity index (χ1) is 12.7. The maximum absolute atomic E-state index is 13.4. The lowest BCUT2D eigenvalue weighted by molar-refractivity contribution is 0.387. The molecule has 0 atom stereocenters. The average Bonchev–Trinajstić information content (AvgIpc) is 3.27. The molecule has 0 spiro atoms. The Bertz CT molecular complexity index is 1010. The van der Waals surface area contributed by atoms with Crippen LogP contribution in [0.5, 0.6) is 0 Å². The third-order valence-electron chi connectivity index (χ3n) is 3.64. The van der Waals surface area contributed by atoms with Crippen molar-refractivity contribution >= 4 is 11.8 Å². The van der Waals surface area contributed by atoms with E-state index in [1.165, 1.54) is 23.9 Å². The zero-order valence-corrected chi connectivity index (χ0v) is 14.7. The Hall–Kier alpha value is -3.00. The highest BCUT2D eigenvalue weighted by Gasteiger charge is 2.17. The first kappa shape index (κ1) is 16.5. The van der Waals surface area contributed by atoms with Crippen molar-refractivity contribution in [3.63, 3.8) is 0 Å². The van der Waals surface area contributed by atoms with E-state index < -0.39 is 0 Å². The maximum Gasteiger partial charge on any atom is 0.237 e. The lowest BCUT2D eigenvalue weighted by Gasteiger charge is -2.10. The Kier molecular flexibility index (Phi) is 4.49. The second kappa shape index (κ2) is 7.09. The number of aromatic nitrogens is 5. The van der Waals surface area contributed by atoms with Crippen LogP contribution in [-0.2, 0) is 5.75 Å². The monoisotopic (exact) mass is 367 g/mol. The average molecular weight is 367 g/mol. The van der Waals surface area contributed by atoms with Crippen molar-refractivity contribution in [2.24, 2.45) is 0 Å². The van der Waals surface area contributed by atoms with Gasteiger partial charge in [-0.3, -0.25) is 4.57 Å². The van der Waals surface area contributed by atoms with E-state index in [9.17, 15) is 4.39 Å². The molecule has 130 valence electrons. The van der Waals surface area contributed by atoms with E-state index in [4.69, 9.17) is 4.52 Å². The largest absolute Gasteiger partial charge is 0.338 e. The molecule has 4 rings (SSSR count). The number of hydrogen-bond donors (Lipinski definition) is 0. The van der Waals surface area contributed by atoms with Gasteiger partial charge < -0.3 is 4.52 Å². The minimum Gasteiger partial charge on any atom is -0.338 e. The fraction of sp³-hybridized carbons (Fsp3) is 0.111.